The lowest BCUT2D eigenvalue weighted by atomic mass is 10.2. The molecule has 0 aliphatic heterocycles. The molecule has 1 aromatic carbocycles. The van der Waals surface area contributed by atoms with E-state index in [-0.39, 0.29) is 12.4 Å². The van der Waals surface area contributed by atoms with Crippen molar-refractivity contribution in [1.29, 1.82) is 0 Å². The molecule has 0 aliphatic rings. The van der Waals surface area contributed by atoms with Crippen LogP contribution >= 0.6 is 0 Å². The SMILES string of the molecule is CC(OCc1ccccc1F)C(=O)O. The van der Waals surface area contributed by atoms with Crippen LogP contribution in [0.25, 0.3) is 0 Å². The van der Waals surface area contributed by atoms with Crippen LogP contribution in [-0.2, 0) is 16.1 Å². The summed E-state index contributed by atoms with van der Waals surface area (Å²) in [6, 6.07) is 6.11. The Morgan fingerprint density at radius 1 is 1.57 bits per heavy atom. The Morgan fingerprint density at radius 2 is 2.21 bits per heavy atom. The molecular weight excluding hydrogens is 187 g/mol. The molecule has 1 N–H and O–H groups in total. The van der Waals surface area contributed by atoms with Gasteiger partial charge in [-0.3, -0.25) is 0 Å². The van der Waals surface area contributed by atoms with E-state index in [1.807, 2.05) is 0 Å². The molecule has 0 amide bonds. The normalized spacial score (nSPS) is 12.4. The molecule has 1 aromatic rings. The second-order valence-electron chi connectivity index (χ2n) is 2.88. The van der Waals surface area contributed by atoms with Gasteiger partial charge in [-0.05, 0) is 13.0 Å². The van der Waals surface area contributed by atoms with E-state index >= 15 is 0 Å². The third kappa shape index (κ3) is 2.81. The monoisotopic (exact) mass is 198 g/mol. The van der Waals surface area contributed by atoms with Crippen LogP contribution in [0, 0.1) is 5.82 Å². The fraction of sp³-hybridized carbons (Fsp3) is 0.300. The predicted molar refractivity (Wildman–Crippen MR) is 48.3 cm³/mol. The molecule has 1 rings (SSSR count). The molecule has 3 nitrogen and oxygen atoms in total. The molecule has 0 fully saturated rings. The van der Waals surface area contributed by atoms with E-state index in [0.717, 1.165) is 0 Å². The molecule has 14 heavy (non-hydrogen) atoms. The molecule has 4 heteroatoms. The summed E-state index contributed by atoms with van der Waals surface area (Å²) in [5.41, 5.74) is 0.362. The molecule has 0 saturated heterocycles. The maximum atomic E-state index is 13.0. The Bertz CT molecular complexity index is 325. The van der Waals surface area contributed by atoms with Gasteiger partial charge in [0.15, 0.2) is 6.10 Å². The van der Waals surface area contributed by atoms with Gasteiger partial charge in [0.25, 0.3) is 0 Å². The van der Waals surface area contributed by atoms with Gasteiger partial charge in [-0.25, -0.2) is 9.18 Å². The Balaban J connectivity index is 2.54. The number of halogens is 1. The molecular formula is C10H11FO3. The lowest BCUT2D eigenvalue weighted by Gasteiger charge is -2.08. The van der Waals surface area contributed by atoms with Crippen molar-refractivity contribution in [2.45, 2.75) is 19.6 Å². The van der Waals surface area contributed by atoms with Crippen LogP contribution in [0.1, 0.15) is 12.5 Å². The molecule has 0 saturated carbocycles. The van der Waals surface area contributed by atoms with Crippen molar-refractivity contribution in [3.8, 4) is 0 Å². The van der Waals surface area contributed by atoms with Gasteiger partial charge < -0.3 is 9.84 Å². The number of aliphatic carboxylic acids is 1. The summed E-state index contributed by atoms with van der Waals surface area (Å²) >= 11 is 0. The minimum absolute atomic E-state index is 0.0276. The van der Waals surface area contributed by atoms with Gasteiger partial charge in [-0.2, -0.15) is 0 Å². The van der Waals surface area contributed by atoms with E-state index < -0.39 is 12.1 Å². The van der Waals surface area contributed by atoms with Gasteiger partial charge in [0.2, 0.25) is 0 Å². The number of carboxylic acid groups (broad SMARTS) is 1. The van der Waals surface area contributed by atoms with Crippen LogP contribution in [0.5, 0.6) is 0 Å². The van der Waals surface area contributed by atoms with Crippen LogP contribution in [0.3, 0.4) is 0 Å². The van der Waals surface area contributed by atoms with E-state index in [1.165, 1.54) is 13.0 Å². The summed E-state index contributed by atoms with van der Waals surface area (Å²) in [6.07, 6.45) is -0.922. The van der Waals surface area contributed by atoms with Crippen molar-refractivity contribution in [3.63, 3.8) is 0 Å². The number of rotatable bonds is 4. The quantitative estimate of drug-likeness (QED) is 0.802. The third-order valence-corrected chi connectivity index (χ3v) is 1.79. The highest BCUT2D eigenvalue weighted by molar-refractivity contribution is 5.71. The average Bonchev–Trinajstić information content (AvgIpc) is 2.16. The fourth-order valence-electron chi connectivity index (χ4n) is 0.902. The highest BCUT2D eigenvalue weighted by atomic mass is 19.1. The first-order valence-electron chi connectivity index (χ1n) is 4.19. The smallest absolute Gasteiger partial charge is 0.332 e. The summed E-state index contributed by atoms with van der Waals surface area (Å²) in [7, 11) is 0. The molecule has 76 valence electrons. The van der Waals surface area contributed by atoms with Crippen molar-refractivity contribution in [3.05, 3.63) is 35.6 Å². The Morgan fingerprint density at radius 3 is 2.79 bits per heavy atom. The summed E-state index contributed by atoms with van der Waals surface area (Å²) in [5, 5.41) is 8.51. The zero-order valence-corrected chi connectivity index (χ0v) is 7.74. The number of ether oxygens (including phenoxy) is 1. The van der Waals surface area contributed by atoms with Crippen LogP contribution < -0.4 is 0 Å². The molecule has 0 aromatic heterocycles. The first kappa shape index (κ1) is 10.7. The first-order valence-corrected chi connectivity index (χ1v) is 4.19. The summed E-state index contributed by atoms with van der Waals surface area (Å²) in [4.78, 5) is 10.4. The Hall–Kier alpha value is -1.42. The van der Waals surface area contributed by atoms with Gasteiger partial charge in [0, 0.05) is 5.56 Å². The van der Waals surface area contributed by atoms with Gasteiger partial charge >= 0.3 is 5.97 Å². The first-order chi connectivity index (χ1) is 6.61. The Kier molecular flexibility index (Phi) is 3.59. The molecule has 1 unspecified atom stereocenters. The van der Waals surface area contributed by atoms with E-state index in [9.17, 15) is 9.18 Å². The number of benzene rings is 1. The van der Waals surface area contributed by atoms with Crippen LogP contribution in [0.15, 0.2) is 24.3 Å². The van der Waals surface area contributed by atoms with Gasteiger partial charge in [-0.15, -0.1) is 0 Å². The zero-order valence-electron chi connectivity index (χ0n) is 7.74. The number of carboxylic acids is 1. The van der Waals surface area contributed by atoms with Crippen molar-refractivity contribution in [2.24, 2.45) is 0 Å². The molecule has 0 bridgehead atoms. The largest absolute Gasteiger partial charge is 0.479 e. The Labute approximate surface area is 81.1 Å². The van der Waals surface area contributed by atoms with E-state index in [1.54, 1.807) is 18.2 Å². The topological polar surface area (TPSA) is 46.5 Å². The molecule has 0 aliphatic carbocycles. The van der Waals surface area contributed by atoms with Crippen molar-refractivity contribution < 1.29 is 19.0 Å². The van der Waals surface area contributed by atoms with Crippen LogP contribution in [0.4, 0.5) is 4.39 Å². The highest BCUT2D eigenvalue weighted by Gasteiger charge is 2.11. The van der Waals surface area contributed by atoms with E-state index in [2.05, 4.69) is 0 Å². The minimum atomic E-state index is -1.05. The zero-order chi connectivity index (χ0) is 10.6. The van der Waals surface area contributed by atoms with Crippen molar-refractivity contribution in [2.75, 3.05) is 0 Å². The average molecular weight is 198 g/mol. The lowest BCUT2D eigenvalue weighted by Crippen LogP contribution is -2.19. The fourth-order valence-corrected chi connectivity index (χ4v) is 0.902. The standard InChI is InChI=1S/C10H11FO3/c1-7(10(12)13)14-6-8-4-2-3-5-9(8)11/h2-5,7H,6H2,1H3,(H,12,13). The number of carbonyl (C=O) groups is 1. The second kappa shape index (κ2) is 4.72. The third-order valence-electron chi connectivity index (χ3n) is 1.79. The number of hydrogen-bond donors (Lipinski definition) is 1. The van der Waals surface area contributed by atoms with E-state index in [0.29, 0.717) is 5.56 Å². The van der Waals surface area contributed by atoms with Gasteiger partial charge in [0.05, 0.1) is 6.61 Å². The van der Waals surface area contributed by atoms with E-state index in [4.69, 9.17) is 9.84 Å². The second-order valence-corrected chi connectivity index (χ2v) is 2.88. The van der Waals surface area contributed by atoms with Gasteiger partial charge in [0.1, 0.15) is 5.82 Å². The number of hydrogen-bond acceptors (Lipinski definition) is 2. The highest BCUT2D eigenvalue weighted by Crippen LogP contribution is 2.08. The lowest BCUT2D eigenvalue weighted by molar-refractivity contribution is -0.149. The van der Waals surface area contributed by atoms with Gasteiger partial charge in [-0.1, -0.05) is 18.2 Å². The summed E-state index contributed by atoms with van der Waals surface area (Å²) in [6.45, 7) is 1.38. The van der Waals surface area contributed by atoms with Crippen molar-refractivity contribution in [1.82, 2.24) is 0 Å². The molecule has 0 heterocycles. The maximum absolute atomic E-state index is 13.0. The predicted octanol–water partition coefficient (Wildman–Crippen LogP) is 1.82. The van der Waals surface area contributed by atoms with Crippen molar-refractivity contribution >= 4 is 5.97 Å². The molecule has 0 spiro atoms. The molecule has 1 atom stereocenters. The van der Waals surface area contributed by atoms with Crippen LogP contribution in [0.2, 0.25) is 0 Å². The maximum Gasteiger partial charge on any atom is 0.332 e. The summed E-state index contributed by atoms with van der Waals surface area (Å²) in [5.74, 6) is -1.44. The summed E-state index contributed by atoms with van der Waals surface area (Å²) < 4.78 is 17.9. The minimum Gasteiger partial charge on any atom is -0.479 e. The van der Waals surface area contributed by atoms with Crippen LogP contribution in [-0.4, -0.2) is 17.2 Å². The molecule has 0 radical (unpaired) electrons.